The highest BCUT2D eigenvalue weighted by Crippen LogP contribution is 2.30. The quantitative estimate of drug-likeness (QED) is 0.831. The molecule has 1 aromatic rings. The summed E-state index contributed by atoms with van der Waals surface area (Å²) in [5, 5.41) is 5.94. The Balaban J connectivity index is 1.98. The van der Waals surface area contributed by atoms with E-state index >= 15 is 0 Å². The number of ether oxygens (including phenoxy) is 1. The second kappa shape index (κ2) is 5.57. The SMILES string of the molecule is CNC(=O)CCOc1cccc2c1CCCN2. The summed E-state index contributed by atoms with van der Waals surface area (Å²) in [6.45, 7) is 1.45. The van der Waals surface area contributed by atoms with E-state index in [1.807, 2.05) is 12.1 Å². The Morgan fingerprint density at radius 2 is 2.41 bits per heavy atom. The normalized spacial score (nSPS) is 13.5. The van der Waals surface area contributed by atoms with E-state index in [9.17, 15) is 4.79 Å². The molecule has 1 aliphatic heterocycles. The molecule has 0 atom stereocenters. The Labute approximate surface area is 101 Å². The van der Waals surface area contributed by atoms with Crippen molar-refractivity contribution in [2.45, 2.75) is 19.3 Å². The van der Waals surface area contributed by atoms with Gasteiger partial charge in [0.1, 0.15) is 5.75 Å². The van der Waals surface area contributed by atoms with Crippen LogP contribution >= 0.6 is 0 Å². The molecule has 0 radical (unpaired) electrons. The van der Waals surface area contributed by atoms with E-state index in [2.05, 4.69) is 16.7 Å². The third-order valence-electron chi connectivity index (χ3n) is 2.92. The fourth-order valence-electron chi connectivity index (χ4n) is 1.99. The first-order valence-electron chi connectivity index (χ1n) is 6.00. The summed E-state index contributed by atoms with van der Waals surface area (Å²) in [7, 11) is 1.64. The lowest BCUT2D eigenvalue weighted by Crippen LogP contribution is -2.20. The van der Waals surface area contributed by atoms with Gasteiger partial charge < -0.3 is 15.4 Å². The van der Waals surface area contributed by atoms with Crippen LogP contribution in [0, 0.1) is 0 Å². The van der Waals surface area contributed by atoms with Gasteiger partial charge in [-0.1, -0.05) is 6.07 Å². The predicted octanol–water partition coefficient (Wildman–Crippen LogP) is 1.56. The van der Waals surface area contributed by atoms with Crippen LogP contribution in [-0.4, -0.2) is 26.1 Å². The van der Waals surface area contributed by atoms with Gasteiger partial charge in [0.05, 0.1) is 13.0 Å². The molecule has 0 bridgehead atoms. The number of amides is 1. The van der Waals surface area contributed by atoms with Crippen LogP contribution in [0.2, 0.25) is 0 Å². The van der Waals surface area contributed by atoms with Crippen molar-refractivity contribution in [3.05, 3.63) is 23.8 Å². The smallest absolute Gasteiger partial charge is 0.223 e. The molecule has 0 aliphatic carbocycles. The number of nitrogens with one attached hydrogen (secondary N) is 2. The van der Waals surface area contributed by atoms with Gasteiger partial charge in [0.15, 0.2) is 0 Å². The maximum absolute atomic E-state index is 11.1. The fourth-order valence-corrected chi connectivity index (χ4v) is 1.99. The molecule has 0 saturated carbocycles. The van der Waals surface area contributed by atoms with Gasteiger partial charge in [-0.2, -0.15) is 0 Å². The highest BCUT2D eigenvalue weighted by molar-refractivity contribution is 5.75. The van der Waals surface area contributed by atoms with Crippen molar-refractivity contribution in [2.75, 3.05) is 25.5 Å². The van der Waals surface area contributed by atoms with E-state index in [0.717, 1.165) is 30.8 Å². The summed E-state index contributed by atoms with van der Waals surface area (Å²) in [6.07, 6.45) is 2.56. The van der Waals surface area contributed by atoms with Crippen LogP contribution in [0.1, 0.15) is 18.4 Å². The van der Waals surface area contributed by atoms with Crippen molar-refractivity contribution in [2.24, 2.45) is 0 Å². The predicted molar refractivity (Wildman–Crippen MR) is 67.4 cm³/mol. The molecule has 2 N–H and O–H groups in total. The summed E-state index contributed by atoms with van der Waals surface area (Å²) in [5.74, 6) is 0.909. The van der Waals surface area contributed by atoms with Crippen molar-refractivity contribution >= 4 is 11.6 Å². The van der Waals surface area contributed by atoms with Crippen LogP contribution in [0.15, 0.2) is 18.2 Å². The molecule has 1 aromatic carbocycles. The Kier molecular flexibility index (Phi) is 3.85. The number of benzene rings is 1. The van der Waals surface area contributed by atoms with Gasteiger partial charge >= 0.3 is 0 Å². The largest absolute Gasteiger partial charge is 0.493 e. The number of rotatable bonds is 4. The number of carbonyl (C=O) groups excluding carboxylic acids is 1. The number of anilines is 1. The van der Waals surface area contributed by atoms with E-state index in [1.54, 1.807) is 7.05 Å². The first-order valence-corrected chi connectivity index (χ1v) is 6.00. The zero-order chi connectivity index (χ0) is 12.1. The summed E-state index contributed by atoms with van der Waals surface area (Å²) in [6, 6.07) is 6.02. The summed E-state index contributed by atoms with van der Waals surface area (Å²) in [4.78, 5) is 11.1. The molecule has 17 heavy (non-hydrogen) atoms. The molecule has 2 rings (SSSR count). The number of hydrogen-bond donors (Lipinski definition) is 2. The van der Waals surface area contributed by atoms with Crippen molar-refractivity contribution in [1.29, 1.82) is 0 Å². The number of fused-ring (bicyclic) bond motifs is 1. The maximum Gasteiger partial charge on any atom is 0.223 e. The third-order valence-corrected chi connectivity index (χ3v) is 2.92. The molecule has 0 spiro atoms. The minimum Gasteiger partial charge on any atom is -0.493 e. The van der Waals surface area contributed by atoms with Gasteiger partial charge in [0, 0.05) is 24.8 Å². The van der Waals surface area contributed by atoms with Gasteiger partial charge in [0.25, 0.3) is 0 Å². The molecule has 4 nitrogen and oxygen atoms in total. The third kappa shape index (κ3) is 2.90. The molecule has 0 aromatic heterocycles. The molecular weight excluding hydrogens is 216 g/mol. The lowest BCUT2D eigenvalue weighted by atomic mass is 10.0. The standard InChI is InChI=1S/C13H18N2O2/c1-14-13(16)7-9-17-12-6-2-5-11-10(12)4-3-8-15-11/h2,5-6,15H,3-4,7-9H2,1H3,(H,14,16). The Hall–Kier alpha value is -1.71. The molecule has 0 unspecified atom stereocenters. The molecule has 1 aliphatic rings. The lowest BCUT2D eigenvalue weighted by Gasteiger charge is -2.20. The molecule has 1 heterocycles. The average Bonchev–Trinajstić information content (AvgIpc) is 2.39. The zero-order valence-corrected chi connectivity index (χ0v) is 10.1. The first kappa shape index (κ1) is 11.8. The highest BCUT2D eigenvalue weighted by atomic mass is 16.5. The molecule has 4 heteroatoms. The van der Waals surface area contributed by atoms with Crippen LogP contribution in [0.4, 0.5) is 5.69 Å². The maximum atomic E-state index is 11.1. The van der Waals surface area contributed by atoms with Crippen LogP contribution < -0.4 is 15.4 Å². The minimum absolute atomic E-state index is 0.00734. The van der Waals surface area contributed by atoms with E-state index in [4.69, 9.17) is 4.74 Å². The average molecular weight is 234 g/mol. The van der Waals surface area contributed by atoms with Gasteiger partial charge in [-0.25, -0.2) is 0 Å². The summed E-state index contributed by atoms with van der Waals surface area (Å²) in [5.41, 5.74) is 2.39. The van der Waals surface area contributed by atoms with Crippen molar-refractivity contribution in [3.8, 4) is 5.75 Å². The van der Waals surface area contributed by atoms with Crippen molar-refractivity contribution in [1.82, 2.24) is 5.32 Å². The topological polar surface area (TPSA) is 50.4 Å². The van der Waals surface area contributed by atoms with Crippen LogP contribution in [0.5, 0.6) is 5.75 Å². The van der Waals surface area contributed by atoms with Crippen LogP contribution in [0.3, 0.4) is 0 Å². The minimum atomic E-state index is 0.00734. The molecule has 0 saturated heterocycles. The van der Waals surface area contributed by atoms with Crippen molar-refractivity contribution in [3.63, 3.8) is 0 Å². The van der Waals surface area contributed by atoms with E-state index in [0.29, 0.717) is 13.0 Å². The second-order valence-corrected chi connectivity index (χ2v) is 4.08. The monoisotopic (exact) mass is 234 g/mol. The Bertz CT molecular complexity index is 404. The zero-order valence-electron chi connectivity index (χ0n) is 10.1. The van der Waals surface area contributed by atoms with Gasteiger partial charge in [0.2, 0.25) is 5.91 Å². The van der Waals surface area contributed by atoms with Crippen LogP contribution in [-0.2, 0) is 11.2 Å². The summed E-state index contributed by atoms with van der Waals surface area (Å²) < 4.78 is 5.68. The van der Waals surface area contributed by atoms with E-state index in [1.165, 1.54) is 5.56 Å². The summed E-state index contributed by atoms with van der Waals surface area (Å²) >= 11 is 0. The molecule has 1 amide bonds. The lowest BCUT2D eigenvalue weighted by molar-refractivity contribution is -0.121. The Morgan fingerprint density at radius 3 is 3.24 bits per heavy atom. The second-order valence-electron chi connectivity index (χ2n) is 4.08. The Morgan fingerprint density at radius 1 is 1.53 bits per heavy atom. The highest BCUT2D eigenvalue weighted by Gasteiger charge is 2.13. The van der Waals surface area contributed by atoms with Crippen molar-refractivity contribution < 1.29 is 9.53 Å². The van der Waals surface area contributed by atoms with Crippen LogP contribution in [0.25, 0.3) is 0 Å². The fraction of sp³-hybridized carbons (Fsp3) is 0.462. The molecular formula is C13H18N2O2. The van der Waals surface area contributed by atoms with Gasteiger partial charge in [-0.05, 0) is 25.0 Å². The number of hydrogen-bond acceptors (Lipinski definition) is 3. The first-order chi connectivity index (χ1) is 8.31. The van der Waals surface area contributed by atoms with Gasteiger partial charge in [-0.15, -0.1) is 0 Å². The molecule has 0 fully saturated rings. The van der Waals surface area contributed by atoms with Gasteiger partial charge in [-0.3, -0.25) is 4.79 Å². The van der Waals surface area contributed by atoms with E-state index in [-0.39, 0.29) is 5.91 Å². The molecule has 92 valence electrons. The number of carbonyl (C=O) groups is 1. The van der Waals surface area contributed by atoms with E-state index < -0.39 is 0 Å².